The monoisotopic (exact) mass is 459 g/mol. The fraction of sp³-hybridized carbons (Fsp3) is 0.120. The average molecular weight is 460 g/mol. The first-order chi connectivity index (χ1) is 14.4. The average Bonchev–Trinajstić information content (AvgIpc) is 3.04. The summed E-state index contributed by atoms with van der Waals surface area (Å²) in [6.07, 6.45) is 1.84. The van der Waals surface area contributed by atoms with Crippen LogP contribution in [0.15, 0.2) is 88.0 Å². The van der Waals surface area contributed by atoms with Crippen LogP contribution in [0.2, 0.25) is 0 Å². The summed E-state index contributed by atoms with van der Waals surface area (Å²) in [5.74, 6) is 0.499. The van der Waals surface area contributed by atoms with Gasteiger partial charge in [-0.15, -0.1) is 0 Å². The van der Waals surface area contributed by atoms with Crippen LogP contribution < -0.4 is 9.80 Å². The van der Waals surface area contributed by atoms with E-state index in [-0.39, 0.29) is 5.91 Å². The number of hydrogen-bond acceptors (Lipinski definition) is 3. The van der Waals surface area contributed by atoms with Crippen LogP contribution in [-0.4, -0.2) is 25.8 Å². The molecule has 0 bridgehead atoms. The van der Waals surface area contributed by atoms with Crippen LogP contribution in [0.1, 0.15) is 16.7 Å². The van der Waals surface area contributed by atoms with E-state index in [0.717, 1.165) is 32.5 Å². The number of carbonyl (C=O) groups is 1. The molecule has 3 aromatic rings. The third-order valence-corrected chi connectivity index (χ3v) is 5.41. The summed E-state index contributed by atoms with van der Waals surface area (Å²) in [5.41, 5.74) is 5.27. The molecule has 0 N–H and O–H groups in total. The molecule has 30 heavy (non-hydrogen) atoms. The normalized spacial score (nSPS) is 14.9. The summed E-state index contributed by atoms with van der Waals surface area (Å²) in [4.78, 5) is 21.9. The summed E-state index contributed by atoms with van der Waals surface area (Å²) in [7, 11) is 4.00. The van der Waals surface area contributed by atoms with Crippen molar-refractivity contribution in [2.45, 2.75) is 6.92 Å². The highest BCUT2D eigenvalue weighted by molar-refractivity contribution is 9.10. The van der Waals surface area contributed by atoms with Gasteiger partial charge in [0.2, 0.25) is 0 Å². The maximum absolute atomic E-state index is 13.4. The van der Waals surface area contributed by atoms with E-state index >= 15 is 0 Å². The number of rotatable bonds is 4. The van der Waals surface area contributed by atoms with E-state index in [9.17, 15) is 4.79 Å². The third-order valence-electron chi connectivity index (χ3n) is 4.92. The Morgan fingerprint density at radius 1 is 0.967 bits per heavy atom. The predicted molar refractivity (Wildman–Crippen MR) is 128 cm³/mol. The fourth-order valence-electron chi connectivity index (χ4n) is 3.38. The number of anilines is 2. The van der Waals surface area contributed by atoms with Crippen molar-refractivity contribution < 1.29 is 4.79 Å². The zero-order valence-electron chi connectivity index (χ0n) is 17.1. The van der Waals surface area contributed by atoms with Crippen LogP contribution >= 0.6 is 15.9 Å². The molecular formula is C25H22BrN3O. The third kappa shape index (κ3) is 4.07. The quantitative estimate of drug-likeness (QED) is 0.472. The molecule has 1 amide bonds. The molecule has 1 aliphatic heterocycles. The highest BCUT2D eigenvalue weighted by atomic mass is 79.9. The minimum atomic E-state index is -0.138. The number of amides is 1. The van der Waals surface area contributed by atoms with Crippen molar-refractivity contribution in [2.24, 2.45) is 4.99 Å². The summed E-state index contributed by atoms with van der Waals surface area (Å²) >= 11 is 3.51. The van der Waals surface area contributed by atoms with Gasteiger partial charge in [0, 0.05) is 29.8 Å². The summed E-state index contributed by atoms with van der Waals surface area (Å²) in [5, 5.41) is 0. The number of aliphatic imine (C=N–C) groups is 1. The molecule has 0 spiro atoms. The van der Waals surface area contributed by atoms with Crippen LogP contribution in [-0.2, 0) is 4.79 Å². The van der Waals surface area contributed by atoms with Crippen molar-refractivity contribution in [3.63, 3.8) is 0 Å². The zero-order valence-corrected chi connectivity index (χ0v) is 18.7. The van der Waals surface area contributed by atoms with Gasteiger partial charge >= 0.3 is 0 Å². The molecule has 4 nitrogen and oxygen atoms in total. The van der Waals surface area contributed by atoms with Gasteiger partial charge < -0.3 is 4.90 Å². The Morgan fingerprint density at radius 2 is 1.70 bits per heavy atom. The number of halogens is 1. The van der Waals surface area contributed by atoms with Crippen LogP contribution in [0, 0.1) is 6.92 Å². The molecule has 3 aromatic carbocycles. The molecule has 1 heterocycles. The smallest absolute Gasteiger partial charge is 0.282 e. The Hall–Kier alpha value is -3.18. The molecule has 150 valence electrons. The van der Waals surface area contributed by atoms with Gasteiger partial charge in [-0.05, 0) is 55.0 Å². The second-order valence-electron chi connectivity index (χ2n) is 7.44. The standard InChI is InChI=1S/C25H22BrN3O/c1-17-6-4-7-19(14-17)24-27-23(15-18-10-12-21(13-11-18)28(2)3)25(30)29(24)22-9-5-8-20(26)16-22/h4-16H,1-3H3/b23-15+. The molecule has 0 aliphatic carbocycles. The highest BCUT2D eigenvalue weighted by Gasteiger charge is 2.32. The molecule has 0 aromatic heterocycles. The number of nitrogens with zero attached hydrogens (tertiary/aromatic N) is 3. The van der Waals surface area contributed by atoms with Crippen LogP contribution in [0.4, 0.5) is 11.4 Å². The van der Waals surface area contributed by atoms with Crippen LogP contribution in [0.3, 0.4) is 0 Å². The van der Waals surface area contributed by atoms with Crippen molar-refractivity contribution in [1.82, 2.24) is 0 Å². The second kappa shape index (κ2) is 8.28. The molecule has 0 radical (unpaired) electrons. The van der Waals surface area contributed by atoms with Crippen molar-refractivity contribution in [2.75, 3.05) is 23.9 Å². The van der Waals surface area contributed by atoms with E-state index in [4.69, 9.17) is 4.99 Å². The molecule has 0 fully saturated rings. The Morgan fingerprint density at radius 3 is 2.37 bits per heavy atom. The minimum Gasteiger partial charge on any atom is -0.378 e. The lowest BCUT2D eigenvalue weighted by Gasteiger charge is -2.19. The Kier molecular flexibility index (Phi) is 5.55. The van der Waals surface area contributed by atoms with E-state index in [1.807, 2.05) is 105 Å². The van der Waals surface area contributed by atoms with Gasteiger partial charge in [0.05, 0.1) is 5.69 Å². The van der Waals surface area contributed by atoms with Gasteiger partial charge in [0.15, 0.2) is 0 Å². The van der Waals surface area contributed by atoms with E-state index in [1.165, 1.54) is 0 Å². The molecule has 0 saturated heterocycles. The van der Waals surface area contributed by atoms with Crippen molar-refractivity contribution in [1.29, 1.82) is 0 Å². The van der Waals surface area contributed by atoms with Crippen LogP contribution in [0.5, 0.6) is 0 Å². The largest absolute Gasteiger partial charge is 0.378 e. The lowest BCUT2D eigenvalue weighted by Crippen LogP contribution is -2.32. The fourth-order valence-corrected chi connectivity index (χ4v) is 3.76. The number of hydrogen-bond donors (Lipinski definition) is 0. The number of benzene rings is 3. The summed E-state index contributed by atoms with van der Waals surface area (Å²) < 4.78 is 0.910. The lowest BCUT2D eigenvalue weighted by molar-refractivity contribution is -0.113. The van der Waals surface area contributed by atoms with Crippen LogP contribution in [0.25, 0.3) is 6.08 Å². The predicted octanol–water partition coefficient (Wildman–Crippen LogP) is 5.66. The topological polar surface area (TPSA) is 35.9 Å². The molecule has 5 heteroatoms. The highest BCUT2D eigenvalue weighted by Crippen LogP contribution is 2.30. The Labute approximate surface area is 185 Å². The molecule has 0 saturated carbocycles. The van der Waals surface area contributed by atoms with Gasteiger partial charge in [-0.2, -0.15) is 0 Å². The molecule has 0 atom stereocenters. The molecule has 4 rings (SSSR count). The minimum absolute atomic E-state index is 0.138. The van der Waals surface area contributed by atoms with E-state index in [1.54, 1.807) is 4.90 Å². The first kappa shape index (κ1) is 20.1. The van der Waals surface area contributed by atoms with Gasteiger partial charge in [0.25, 0.3) is 5.91 Å². The van der Waals surface area contributed by atoms with Gasteiger partial charge in [-0.25, -0.2) is 4.99 Å². The Balaban J connectivity index is 1.79. The van der Waals surface area contributed by atoms with E-state index < -0.39 is 0 Å². The van der Waals surface area contributed by atoms with Crippen molar-refractivity contribution >= 4 is 45.1 Å². The SMILES string of the molecule is Cc1cccc(C2=N/C(=C/c3ccc(N(C)C)cc3)C(=O)N2c2cccc(Br)c2)c1. The summed E-state index contributed by atoms with van der Waals surface area (Å²) in [6.45, 7) is 2.04. The van der Waals surface area contributed by atoms with E-state index in [0.29, 0.717) is 11.5 Å². The first-order valence-electron chi connectivity index (χ1n) is 9.67. The summed E-state index contributed by atoms with van der Waals surface area (Å²) in [6, 6.07) is 23.8. The van der Waals surface area contributed by atoms with Crippen molar-refractivity contribution in [3.8, 4) is 0 Å². The van der Waals surface area contributed by atoms with Crippen molar-refractivity contribution in [3.05, 3.63) is 99.7 Å². The first-order valence-corrected chi connectivity index (χ1v) is 10.5. The number of aryl methyl sites for hydroxylation is 1. The second-order valence-corrected chi connectivity index (χ2v) is 8.36. The molecule has 0 unspecified atom stereocenters. The lowest BCUT2D eigenvalue weighted by atomic mass is 10.1. The molecular weight excluding hydrogens is 438 g/mol. The number of carbonyl (C=O) groups excluding carboxylic acids is 1. The van der Waals surface area contributed by atoms with Gasteiger partial charge in [-0.3, -0.25) is 9.69 Å². The molecule has 1 aliphatic rings. The number of amidine groups is 1. The maximum atomic E-state index is 13.4. The van der Waals surface area contributed by atoms with E-state index in [2.05, 4.69) is 15.9 Å². The zero-order chi connectivity index (χ0) is 21.3. The van der Waals surface area contributed by atoms with Gasteiger partial charge in [0.1, 0.15) is 11.5 Å². The maximum Gasteiger partial charge on any atom is 0.282 e. The Bertz CT molecular complexity index is 1160. The van der Waals surface area contributed by atoms with Gasteiger partial charge in [-0.1, -0.05) is 57.9 Å².